The molecule has 1 aromatic heterocycles. The van der Waals surface area contributed by atoms with Crippen molar-refractivity contribution in [3.05, 3.63) is 41.7 Å². The standard InChI is InChI=1S/C15H20N2/c1-11-9-17-14(8-15(2,3)10-16)13-7-5-4-6-12(11)13/h4-7,9H,8,10,16H2,1-3H3. The van der Waals surface area contributed by atoms with Crippen molar-refractivity contribution in [1.29, 1.82) is 0 Å². The zero-order chi connectivity index (χ0) is 12.5. The van der Waals surface area contributed by atoms with Crippen LogP contribution in [0.1, 0.15) is 25.1 Å². The number of nitrogens with two attached hydrogens (primary N) is 1. The normalized spacial score (nSPS) is 12.0. The maximum absolute atomic E-state index is 5.80. The second-order valence-electron chi connectivity index (χ2n) is 5.48. The Balaban J connectivity index is 2.52. The molecule has 2 rings (SSSR count). The Morgan fingerprint density at radius 3 is 2.47 bits per heavy atom. The SMILES string of the molecule is Cc1cnc(CC(C)(C)CN)c2ccccc12. The molecule has 0 amide bonds. The highest BCUT2D eigenvalue weighted by atomic mass is 14.7. The molecular formula is C15H20N2. The second-order valence-corrected chi connectivity index (χ2v) is 5.48. The van der Waals surface area contributed by atoms with Gasteiger partial charge in [-0.05, 0) is 36.3 Å². The van der Waals surface area contributed by atoms with Gasteiger partial charge in [0.25, 0.3) is 0 Å². The summed E-state index contributed by atoms with van der Waals surface area (Å²) in [5, 5.41) is 2.55. The van der Waals surface area contributed by atoms with Crippen molar-refractivity contribution in [2.24, 2.45) is 11.1 Å². The van der Waals surface area contributed by atoms with Crippen molar-refractivity contribution in [2.75, 3.05) is 6.54 Å². The molecule has 1 heterocycles. The lowest BCUT2D eigenvalue weighted by atomic mass is 9.86. The van der Waals surface area contributed by atoms with Crippen LogP contribution in [0.4, 0.5) is 0 Å². The molecule has 17 heavy (non-hydrogen) atoms. The summed E-state index contributed by atoms with van der Waals surface area (Å²) in [6.07, 6.45) is 2.88. The van der Waals surface area contributed by atoms with Gasteiger partial charge in [0, 0.05) is 17.3 Å². The Morgan fingerprint density at radius 2 is 1.82 bits per heavy atom. The lowest BCUT2D eigenvalue weighted by Gasteiger charge is -2.22. The molecule has 2 N–H and O–H groups in total. The van der Waals surface area contributed by atoms with E-state index in [-0.39, 0.29) is 5.41 Å². The number of hydrogen-bond acceptors (Lipinski definition) is 2. The van der Waals surface area contributed by atoms with Gasteiger partial charge in [-0.2, -0.15) is 0 Å². The molecule has 0 aliphatic heterocycles. The number of pyridine rings is 1. The number of nitrogens with zero attached hydrogens (tertiary/aromatic N) is 1. The molecule has 2 heteroatoms. The van der Waals surface area contributed by atoms with E-state index in [1.165, 1.54) is 16.3 Å². The van der Waals surface area contributed by atoms with Crippen molar-refractivity contribution < 1.29 is 0 Å². The summed E-state index contributed by atoms with van der Waals surface area (Å²) in [5.41, 5.74) is 8.29. The van der Waals surface area contributed by atoms with Gasteiger partial charge in [-0.1, -0.05) is 38.1 Å². The number of aryl methyl sites for hydroxylation is 1. The number of aromatic nitrogens is 1. The Labute approximate surface area is 103 Å². The van der Waals surface area contributed by atoms with Crippen LogP contribution < -0.4 is 5.73 Å². The number of rotatable bonds is 3. The van der Waals surface area contributed by atoms with Gasteiger partial charge >= 0.3 is 0 Å². The van der Waals surface area contributed by atoms with Crippen molar-refractivity contribution in [2.45, 2.75) is 27.2 Å². The third kappa shape index (κ3) is 2.47. The summed E-state index contributed by atoms with van der Waals surface area (Å²) in [4.78, 5) is 4.58. The maximum Gasteiger partial charge on any atom is 0.0487 e. The second kappa shape index (κ2) is 4.46. The zero-order valence-electron chi connectivity index (χ0n) is 10.8. The molecular weight excluding hydrogens is 208 g/mol. The Morgan fingerprint density at radius 1 is 1.18 bits per heavy atom. The first-order valence-electron chi connectivity index (χ1n) is 6.07. The topological polar surface area (TPSA) is 38.9 Å². The van der Waals surface area contributed by atoms with Crippen LogP contribution in [0, 0.1) is 12.3 Å². The highest BCUT2D eigenvalue weighted by molar-refractivity contribution is 5.87. The molecule has 2 nitrogen and oxygen atoms in total. The maximum atomic E-state index is 5.80. The van der Waals surface area contributed by atoms with E-state index in [0.717, 1.165) is 12.1 Å². The lowest BCUT2D eigenvalue weighted by molar-refractivity contribution is 0.374. The van der Waals surface area contributed by atoms with E-state index in [4.69, 9.17) is 5.73 Å². The van der Waals surface area contributed by atoms with Crippen molar-refractivity contribution >= 4 is 10.8 Å². The van der Waals surface area contributed by atoms with Crippen LogP contribution in [0.2, 0.25) is 0 Å². The van der Waals surface area contributed by atoms with Gasteiger partial charge in [0.05, 0.1) is 0 Å². The van der Waals surface area contributed by atoms with Gasteiger partial charge in [-0.15, -0.1) is 0 Å². The van der Waals surface area contributed by atoms with Gasteiger partial charge in [-0.3, -0.25) is 4.98 Å². The molecule has 2 aromatic rings. The summed E-state index contributed by atoms with van der Waals surface area (Å²) >= 11 is 0. The predicted molar refractivity (Wildman–Crippen MR) is 73.0 cm³/mol. The Hall–Kier alpha value is -1.41. The zero-order valence-corrected chi connectivity index (χ0v) is 10.8. The van der Waals surface area contributed by atoms with Crippen molar-refractivity contribution in [3.8, 4) is 0 Å². The molecule has 0 unspecified atom stereocenters. The molecule has 0 saturated carbocycles. The van der Waals surface area contributed by atoms with E-state index in [1.54, 1.807) is 0 Å². The van der Waals surface area contributed by atoms with Crippen molar-refractivity contribution in [3.63, 3.8) is 0 Å². The van der Waals surface area contributed by atoms with Gasteiger partial charge in [0.1, 0.15) is 0 Å². The third-order valence-corrected chi connectivity index (χ3v) is 3.28. The van der Waals surface area contributed by atoms with Crippen LogP contribution in [0.3, 0.4) is 0 Å². The van der Waals surface area contributed by atoms with E-state index < -0.39 is 0 Å². The summed E-state index contributed by atoms with van der Waals surface area (Å²) in [7, 11) is 0. The third-order valence-electron chi connectivity index (χ3n) is 3.28. The van der Waals surface area contributed by atoms with E-state index in [2.05, 4.69) is 50.0 Å². The largest absolute Gasteiger partial charge is 0.330 e. The summed E-state index contributed by atoms with van der Waals surface area (Å²) in [6.45, 7) is 7.15. The summed E-state index contributed by atoms with van der Waals surface area (Å²) in [6, 6.07) is 8.46. The molecule has 0 spiro atoms. The molecule has 0 atom stereocenters. The van der Waals surface area contributed by atoms with E-state index in [1.807, 2.05) is 6.20 Å². The van der Waals surface area contributed by atoms with Crippen LogP contribution in [0.25, 0.3) is 10.8 Å². The molecule has 0 bridgehead atoms. The lowest BCUT2D eigenvalue weighted by Crippen LogP contribution is -2.26. The molecule has 0 aliphatic carbocycles. The van der Waals surface area contributed by atoms with Gasteiger partial charge in [-0.25, -0.2) is 0 Å². The van der Waals surface area contributed by atoms with Crippen LogP contribution in [0.15, 0.2) is 30.5 Å². The fraction of sp³-hybridized carbons (Fsp3) is 0.400. The molecule has 1 aromatic carbocycles. The average Bonchev–Trinajstić information content (AvgIpc) is 2.33. The molecule has 0 radical (unpaired) electrons. The fourth-order valence-corrected chi connectivity index (χ4v) is 2.06. The minimum absolute atomic E-state index is 0.102. The first-order valence-corrected chi connectivity index (χ1v) is 6.07. The highest BCUT2D eigenvalue weighted by Crippen LogP contribution is 2.26. The Bertz CT molecular complexity index is 529. The minimum Gasteiger partial charge on any atom is -0.330 e. The van der Waals surface area contributed by atoms with Crippen LogP contribution in [-0.2, 0) is 6.42 Å². The summed E-state index contributed by atoms with van der Waals surface area (Å²) in [5.74, 6) is 0. The molecule has 0 saturated heterocycles. The van der Waals surface area contributed by atoms with Gasteiger partial charge < -0.3 is 5.73 Å². The fourth-order valence-electron chi connectivity index (χ4n) is 2.06. The van der Waals surface area contributed by atoms with E-state index in [9.17, 15) is 0 Å². The van der Waals surface area contributed by atoms with E-state index in [0.29, 0.717) is 6.54 Å². The smallest absolute Gasteiger partial charge is 0.0487 e. The monoisotopic (exact) mass is 228 g/mol. The first kappa shape index (κ1) is 12.1. The van der Waals surface area contributed by atoms with Crippen LogP contribution >= 0.6 is 0 Å². The molecule has 0 fully saturated rings. The number of benzene rings is 1. The van der Waals surface area contributed by atoms with E-state index >= 15 is 0 Å². The van der Waals surface area contributed by atoms with Gasteiger partial charge in [0.2, 0.25) is 0 Å². The predicted octanol–water partition coefficient (Wildman–Crippen LogP) is 3.07. The Kier molecular flexibility index (Phi) is 3.16. The van der Waals surface area contributed by atoms with Gasteiger partial charge in [0.15, 0.2) is 0 Å². The molecule has 0 aliphatic rings. The molecule has 90 valence electrons. The summed E-state index contributed by atoms with van der Waals surface area (Å²) < 4.78 is 0. The highest BCUT2D eigenvalue weighted by Gasteiger charge is 2.18. The first-order chi connectivity index (χ1) is 8.03. The number of hydrogen-bond donors (Lipinski definition) is 1. The van der Waals surface area contributed by atoms with Crippen LogP contribution in [0.5, 0.6) is 0 Å². The minimum atomic E-state index is 0.102. The van der Waals surface area contributed by atoms with Crippen LogP contribution in [-0.4, -0.2) is 11.5 Å². The quantitative estimate of drug-likeness (QED) is 0.876. The van der Waals surface area contributed by atoms with Crippen molar-refractivity contribution in [1.82, 2.24) is 4.98 Å². The number of fused-ring (bicyclic) bond motifs is 1. The average molecular weight is 228 g/mol.